The van der Waals surface area contributed by atoms with Gasteiger partial charge >= 0.3 is 0 Å². The highest BCUT2D eigenvalue weighted by Crippen LogP contribution is 2.30. The summed E-state index contributed by atoms with van der Waals surface area (Å²) in [7, 11) is -3.25. The molecule has 0 unspecified atom stereocenters. The van der Waals surface area contributed by atoms with Gasteiger partial charge in [0.2, 0.25) is 15.9 Å². The van der Waals surface area contributed by atoms with Crippen LogP contribution < -0.4 is 10.2 Å². The first-order chi connectivity index (χ1) is 14.8. The van der Waals surface area contributed by atoms with E-state index in [0.29, 0.717) is 48.4 Å². The Balaban J connectivity index is 1.45. The number of hydrogen-bond donors (Lipinski definition) is 1. The zero-order valence-corrected chi connectivity index (χ0v) is 17.9. The van der Waals surface area contributed by atoms with Crippen LogP contribution in [-0.4, -0.2) is 49.3 Å². The van der Waals surface area contributed by atoms with Gasteiger partial charge in [-0.25, -0.2) is 17.6 Å². The summed E-state index contributed by atoms with van der Waals surface area (Å²) in [5.41, 5.74) is 1.57. The molecule has 2 aliphatic heterocycles. The molecular weight excluding hydrogens is 418 g/mol. The molecule has 0 spiro atoms. The topological polar surface area (TPSA) is 104 Å². The van der Waals surface area contributed by atoms with Crippen LogP contribution >= 0.6 is 0 Å². The Kier molecular flexibility index (Phi) is 5.63. The first-order valence-corrected chi connectivity index (χ1v) is 11.8. The van der Waals surface area contributed by atoms with Crippen LogP contribution in [0.5, 0.6) is 0 Å². The molecular formula is C22H23N3O5S. The van der Waals surface area contributed by atoms with Gasteiger partial charge in [-0.3, -0.25) is 14.4 Å². The molecule has 2 aromatic rings. The van der Waals surface area contributed by atoms with E-state index in [4.69, 9.17) is 0 Å². The Labute approximate surface area is 180 Å². The van der Waals surface area contributed by atoms with Crippen molar-refractivity contribution >= 4 is 39.1 Å². The number of amides is 3. The monoisotopic (exact) mass is 441 g/mol. The molecule has 4 rings (SSSR count). The number of fused-ring (bicyclic) bond motifs is 1. The second-order valence-corrected chi connectivity index (χ2v) is 9.86. The molecule has 2 aromatic carbocycles. The van der Waals surface area contributed by atoms with Crippen LogP contribution in [-0.2, 0) is 14.8 Å². The average Bonchev–Trinajstić information content (AvgIpc) is 3.04. The molecule has 0 aliphatic carbocycles. The van der Waals surface area contributed by atoms with E-state index in [1.54, 1.807) is 55.5 Å². The first-order valence-electron chi connectivity index (χ1n) is 10.2. The summed E-state index contributed by atoms with van der Waals surface area (Å²) in [5, 5.41) is 2.84. The summed E-state index contributed by atoms with van der Waals surface area (Å²) in [5.74, 6) is -1.24. The molecule has 2 heterocycles. The quantitative estimate of drug-likeness (QED) is 0.718. The lowest BCUT2D eigenvalue weighted by Crippen LogP contribution is -2.42. The standard InChI is InChI=1S/C22H23N3O5S/c1-2-31(29,30)24-12-10-15(11-13-24)20(26)23-16-6-5-7-17(14-16)25-21(27)18-8-3-4-9-19(18)22(25)28/h3-9,14-15H,2,10-13H2,1H3,(H,23,26). The van der Waals surface area contributed by atoms with Crippen molar-refractivity contribution in [3.05, 3.63) is 59.7 Å². The number of nitrogens with zero attached hydrogens (tertiary/aromatic N) is 2. The number of nitrogens with one attached hydrogen (secondary N) is 1. The van der Waals surface area contributed by atoms with Crippen molar-refractivity contribution in [3.63, 3.8) is 0 Å². The molecule has 9 heteroatoms. The van der Waals surface area contributed by atoms with Crippen molar-refractivity contribution in [1.82, 2.24) is 4.31 Å². The number of carbonyl (C=O) groups excluding carboxylic acids is 3. The number of sulfonamides is 1. The van der Waals surface area contributed by atoms with Gasteiger partial charge in [0.05, 0.1) is 22.6 Å². The second kappa shape index (κ2) is 8.24. The lowest BCUT2D eigenvalue weighted by Gasteiger charge is -2.30. The van der Waals surface area contributed by atoms with Gasteiger partial charge in [0, 0.05) is 24.7 Å². The third kappa shape index (κ3) is 3.98. The van der Waals surface area contributed by atoms with Crippen LogP contribution in [0.2, 0.25) is 0 Å². The van der Waals surface area contributed by atoms with Crippen molar-refractivity contribution in [2.24, 2.45) is 5.92 Å². The van der Waals surface area contributed by atoms with E-state index in [2.05, 4.69) is 5.32 Å². The van der Waals surface area contributed by atoms with Crippen molar-refractivity contribution in [3.8, 4) is 0 Å². The number of anilines is 2. The molecule has 162 valence electrons. The van der Waals surface area contributed by atoms with Gasteiger partial charge in [-0.1, -0.05) is 18.2 Å². The predicted octanol–water partition coefficient (Wildman–Crippen LogP) is 2.49. The number of rotatable bonds is 5. The van der Waals surface area contributed by atoms with E-state index >= 15 is 0 Å². The normalized spacial score (nSPS) is 17.6. The average molecular weight is 442 g/mol. The first kappa shape index (κ1) is 21.2. The van der Waals surface area contributed by atoms with Crippen LogP contribution in [0.25, 0.3) is 0 Å². The molecule has 1 saturated heterocycles. The predicted molar refractivity (Wildman–Crippen MR) is 116 cm³/mol. The molecule has 3 amide bonds. The van der Waals surface area contributed by atoms with Gasteiger partial charge in [0.1, 0.15) is 0 Å². The van der Waals surface area contributed by atoms with Crippen molar-refractivity contribution < 1.29 is 22.8 Å². The van der Waals surface area contributed by atoms with Gasteiger partial charge in [-0.05, 0) is 50.1 Å². The van der Waals surface area contributed by atoms with Crippen molar-refractivity contribution in [2.45, 2.75) is 19.8 Å². The SMILES string of the molecule is CCS(=O)(=O)N1CCC(C(=O)Nc2cccc(N3C(=O)c4ccccc4C3=O)c2)CC1. The number of carbonyl (C=O) groups is 3. The Morgan fingerprint density at radius 3 is 2.19 bits per heavy atom. The second-order valence-electron chi connectivity index (χ2n) is 7.60. The van der Waals surface area contributed by atoms with E-state index in [1.807, 2.05) is 0 Å². The maximum atomic E-state index is 12.7. The Morgan fingerprint density at radius 1 is 1.00 bits per heavy atom. The summed E-state index contributed by atoms with van der Waals surface area (Å²) in [6, 6.07) is 13.3. The Bertz CT molecular complexity index is 1120. The highest BCUT2D eigenvalue weighted by molar-refractivity contribution is 7.89. The molecule has 8 nitrogen and oxygen atoms in total. The maximum Gasteiger partial charge on any atom is 0.266 e. The summed E-state index contributed by atoms with van der Waals surface area (Å²) in [6.07, 6.45) is 0.895. The fraction of sp³-hybridized carbons (Fsp3) is 0.318. The van der Waals surface area contributed by atoms with E-state index in [1.165, 1.54) is 4.31 Å². The lowest BCUT2D eigenvalue weighted by atomic mass is 9.97. The summed E-state index contributed by atoms with van der Waals surface area (Å²) in [6.45, 7) is 2.25. The molecule has 1 fully saturated rings. The van der Waals surface area contributed by atoms with Crippen LogP contribution in [0.15, 0.2) is 48.5 Å². The number of imide groups is 1. The van der Waals surface area contributed by atoms with Gasteiger partial charge in [0.15, 0.2) is 0 Å². The zero-order valence-electron chi connectivity index (χ0n) is 17.1. The number of benzene rings is 2. The molecule has 0 saturated carbocycles. The van der Waals surface area contributed by atoms with E-state index in [0.717, 1.165) is 4.90 Å². The minimum atomic E-state index is -3.25. The lowest BCUT2D eigenvalue weighted by molar-refractivity contribution is -0.120. The third-order valence-electron chi connectivity index (χ3n) is 5.75. The van der Waals surface area contributed by atoms with Crippen molar-refractivity contribution in [2.75, 3.05) is 29.1 Å². The van der Waals surface area contributed by atoms with Gasteiger partial charge in [0.25, 0.3) is 11.8 Å². The highest BCUT2D eigenvalue weighted by atomic mass is 32.2. The highest BCUT2D eigenvalue weighted by Gasteiger charge is 2.36. The Hall–Kier alpha value is -3.04. The van der Waals surface area contributed by atoms with Crippen LogP contribution in [0.3, 0.4) is 0 Å². The zero-order chi connectivity index (χ0) is 22.2. The molecule has 31 heavy (non-hydrogen) atoms. The molecule has 0 bridgehead atoms. The minimum Gasteiger partial charge on any atom is -0.326 e. The number of piperidine rings is 1. The van der Waals surface area contributed by atoms with Crippen LogP contribution in [0.1, 0.15) is 40.5 Å². The maximum absolute atomic E-state index is 12.7. The van der Waals surface area contributed by atoms with Crippen molar-refractivity contribution in [1.29, 1.82) is 0 Å². The molecule has 0 aromatic heterocycles. The third-order valence-corrected chi connectivity index (χ3v) is 7.63. The summed E-state index contributed by atoms with van der Waals surface area (Å²) in [4.78, 5) is 39.2. The fourth-order valence-electron chi connectivity index (χ4n) is 3.97. The van der Waals surface area contributed by atoms with Crippen LogP contribution in [0, 0.1) is 5.92 Å². The number of hydrogen-bond acceptors (Lipinski definition) is 5. The molecule has 1 N–H and O–H groups in total. The molecule has 2 aliphatic rings. The minimum absolute atomic E-state index is 0.0501. The summed E-state index contributed by atoms with van der Waals surface area (Å²) >= 11 is 0. The van der Waals surface area contributed by atoms with Gasteiger partial charge < -0.3 is 5.32 Å². The largest absolute Gasteiger partial charge is 0.326 e. The smallest absolute Gasteiger partial charge is 0.266 e. The summed E-state index contributed by atoms with van der Waals surface area (Å²) < 4.78 is 25.4. The van der Waals surface area contributed by atoms with E-state index in [-0.39, 0.29) is 17.6 Å². The Morgan fingerprint density at radius 2 is 1.61 bits per heavy atom. The van der Waals surface area contributed by atoms with Gasteiger partial charge in [-0.15, -0.1) is 0 Å². The van der Waals surface area contributed by atoms with E-state index in [9.17, 15) is 22.8 Å². The molecule has 0 radical (unpaired) electrons. The van der Waals surface area contributed by atoms with E-state index < -0.39 is 21.8 Å². The fourth-order valence-corrected chi connectivity index (χ4v) is 5.10. The van der Waals surface area contributed by atoms with Gasteiger partial charge in [-0.2, -0.15) is 0 Å². The molecule has 0 atom stereocenters. The van der Waals surface area contributed by atoms with Crippen LogP contribution in [0.4, 0.5) is 11.4 Å².